The van der Waals surface area contributed by atoms with Gasteiger partial charge in [0.15, 0.2) is 5.82 Å². The summed E-state index contributed by atoms with van der Waals surface area (Å²) in [6.45, 7) is 0.661. The molecule has 140 valence electrons. The van der Waals surface area contributed by atoms with Crippen LogP contribution in [0.5, 0.6) is 0 Å². The lowest BCUT2D eigenvalue weighted by Crippen LogP contribution is -2.43. The second kappa shape index (κ2) is 8.64. The molecule has 2 N–H and O–H groups in total. The van der Waals surface area contributed by atoms with E-state index >= 15 is 0 Å². The Morgan fingerprint density at radius 1 is 1.23 bits per heavy atom. The predicted octanol–water partition coefficient (Wildman–Crippen LogP) is 1.67. The van der Waals surface area contributed by atoms with E-state index < -0.39 is 0 Å². The largest absolute Gasteiger partial charge is 0.346 e. The van der Waals surface area contributed by atoms with Crippen molar-refractivity contribution in [2.24, 2.45) is 7.05 Å². The Morgan fingerprint density at radius 2 is 2.00 bits per heavy atom. The molecule has 2 heterocycles. The average molecular weight is 358 g/mol. The Hall–Kier alpha value is -2.64. The first-order chi connectivity index (χ1) is 12.6. The molecule has 2 aromatic rings. The molecule has 0 spiro atoms. The van der Waals surface area contributed by atoms with Crippen molar-refractivity contribution in [3.63, 3.8) is 0 Å². The molecule has 0 radical (unpaired) electrons. The van der Waals surface area contributed by atoms with E-state index in [0.717, 1.165) is 12.8 Å². The number of nitrogens with zero attached hydrogens (tertiary/aromatic N) is 4. The maximum absolute atomic E-state index is 12.3. The number of rotatable bonds is 5. The van der Waals surface area contributed by atoms with Crippen LogP contribution in [0.4, 0.5) is 4.79 Å². The smallest absolute Gasteiger partial charge is 0.336 e. The predicted molar refractivity (Wildman–Crippen MR) is 98.7 cm³/mol. The molecule has 8 nitrogen and oxygen atoms in total. The molecule has 3 rings (SSSR count). The second-order valence-corrected chi connectivity index (χ2v) is 6.69. The summed E-state index contributed by atoms with van der Waals surface area (Å²) in [4.78, 5) is 28.6. The maximum atomic E-state index is 12.3. The second-order valence-electron chi connectivity index (χ2n) is 6.69. The van der Waals surface area contributed by atoms with Crippen LogP contribution in [0.2, 0.25) is 0 Å². The van der Waals surface area contributed by atoms with Crippen LogP contribution in [0.15, 0.2) is 29.2 Å². The quantitative estimate of drug-likeness (QED) is 0.795. The summed E-state index contributed by atoms with van der Waals surface area (Å²) in [5.41, 5.74) is 0.418. The lowest BCUT2D eigenvalue weighted by molar-refractivity contribution is 0.235. The Morgan fingerprint density at radius 3 is 2.69 bits per heavy atom. The monoisotopic (exact) mass is 358 g/mol. The molecule has 8 heteroatoms. The number of aromatic nitrogens is 4. The van der Waals surface area contributed by atoms with Gasteiger partial charge in [0.05, 0.1) is 6.54 Å². The third-order valence-corrected chi connectivity index (χ3v) is 4.73. The fourth-order valence-electron chi connectivity index (χ4n) is 3.29. The van der Waals surface area contributed by atoms with E-state index in [1.54, 1.807) is 13.2 Å². The van der Waals surface area contributed by atoms with E-state index in [4.69, 9.17) is 0 Å². The Balaban J connectivity index is 1.53. The first kappa shape index (κ1) is 18.2. The zero-order valence-electron chi connectivity index (χ0n) is 15.1. The molecule has 26 heavy (non-hydrogen) atoms. The molecular formula is C18H26N6O2. The van der Waals surface area contributed by atoms with Crippen molar-refractivity contribution in [3.05, 3.63) is 34.9 Å². The van der Waals surface area contributed by atoms with Gasteiger partial charge in [0.25, 0.3) is 0 Å². The molecular weight excluding hydrogens is 332 g/mol. The van der Waals surface area contributed by atoms with Gasteiger partial charge in [0, 0.05) is 25.8 Å². The first-order valence-electron chi connectivity index (χ1n) is 9.25. The molecule has 1 fully saturated rings. The number of hydrogen-bond acceptors (Lipinski definition) is 4. The number of carbonyl (C=O) groups is 1. The van der Waals surface area contributed by atoms with E-state index in [1.165, 1.54) is 34.9 Å². The normalized spacial score (nSPS) is 15.4. The van der Waals surface area contributed by atoms with E-state index in [-0.39, 0.29) is 17.8 Å². The minimum Gasteiger partial charge on any atom is -0.336 e. The maximum Gasteiger partial charge on any atom is 0.346 e. The number of pyridine rings is 1. The molecule has 0 bridgehead atoms. The summed E-state index contributed by atoms with van der Waals surface area (Å²) in [5.74, 6) is 0.513. The molecule has 1 aliphatic carbocycles. The van der Waals surface area contributed by atoms with Crippen molar-refractivity contribution < 1.29 is 4.79 Å². The van der Waals surface area contributed by atoms with Gasteiger partial charge in [-0.2, -0.15) is 0 Å². The molecule has 1 saturated carbocycles. The van der Waals surface area contributed by atoms with Crippen LogP contribution in [0.25, 0.3) is 11.5 Å². The van der Waals surface area contributed by atoms with Crippen LogP contribution in [-0.4, -0.2) is 37.9 Å². The van der Waals surface area contributed by atoms with Gasteiger partial charge in [-0.3, -0.25) is 9.55 Å². The number of hydrogen-bond donors (Lipinski definition) is 2. The highest BCUT2D eigenvalue weighted by atomic mass is 16.2. The molecule has 0 aliphatic heterocycles. The topological polar surface area (TPSA) is 93.8 Å². The van der Waals surface area contributed by atoms with E-state index in [1.807, 2.05) is 18.2 Å². The standard InChI is InChI=1S/C18H26N6O2/c1-23-16(15-10-6-7-11-19-15)22-24(18(23)26)13-12-20-17(25)21-14-8-4-2-3-5-9-14/h6-7,10-11,14H,2-5,8-9,12-13H2,1H3,(H2,20,21,25). The number of nitrogens with one attached hydrogen (secondary N) is 2. The number of amides is 2. The van der Waals surface area contributed by atoms with Gasteiger partial charge in [-0.15, -0.1) is 5.10 Å². The highest BCUT2D eigenvalue weighted by Crippen LogP contribution is 2.17. The highest BCUT2D eigenvalue weighted by Gasteiger charge is 2.15. The van der Waals surface area contributed by atoms with Crippen LogP contribution < -0.4 is 16.3 Å². The van der Waals surface area contributed by atoms with Gasteiger partial charge in [-0.25, -0.2) is 14.3 Å². The van der Waals surface area contributed by atoms with Gasteiger partial charge in [-0.05, 0) is 25.0 Å². The number of carbonyl (C=O) groups excluding carboxylic acids is 1. The van der Waals surface area contributed by atoms with Crippen LogP contribution >= 0.6 is 0 Å². The summed E-state index contributed by atoms with van der Waals surface area (Å²) in [5, 5.41) is 10.2. The van der Waals surface area contributed by atoms with Crippen molar-refractivity contribution in [1.82, 2.24) is 30.0 Å². The zero-order valence-corrected chi connectivity index (χ0v) is 15.1. The Bertz CT molecular complexity index is 775. The van der Waals surface area contributed by atoms with Crippen LogP contribution in [-0.2, 0) is 13.6 Å². The van der Waals surface area contributed by atoms with Gasteiger partial charge in [0.1, 0.15) is 5.69 Å². The van der Waals surface area contributed by atoms with Crippen LogP contribution in [0, 0.1) is 0 Å². The molecule has 1 aliphatic rings. The fraction of sp³-hybridized carbons (Fsp3) is 0.556. The lowest BCUT2D eigenvalue weighted by atomic mass is 10.1. The van der Waals surface area contributed by atoms with Gasteiger partial charge in [-0.1, -0.05) is 31.7 Å². The zero-order chi connectivity index (χ0) is 18.4. The summed E-state index contributed by atoms with van der Waals surface area (Å²) in [7, 11) is 1.67. The molecule has 0 saturated heterocycles. The SMILES string of the molecule is Cn1c(-c2ccccn2)nn(CCNC(=O)NC2CCCCCC2)c1=O. The van der Waals surface area contributed by atoms with Crippen molar-refractivity contribution in [2.75, 3.05) is 6.54 Å². The molecule has 2 aromatic heterocycles. The highest BCUT2D eigenvalue weighted by molar-refractivity contribution is 5.74. The van der Waals surface area contributed by atoms with Crippen molar-refractivity contribution in [3.8, 4) is 11.5 Å². The van der Waals surface area contributed by atoms with Crippen molar-refractivity contribution >= 4 is 6.03 Å². The average Bonchev–Trinajstić information content (AvgIpc) is 2.83. The molecule has 0 unspecified atom stereocenters. The van der Waals surface area contributed by atoms with E-state index in [0.29, 0.717) is 24.6 Å². The summed E-state index contributed by atoms with van der Waals surface area (Å²) in [6, 6.07) is 5.56. The molecule has 2 amide bonds. The molecule has 0 atom stereocenters. The van der Waals surface area contributed by atoms with E-state index in [9.17, 15) is 9.59 Å². The van der Waals surface area contributed by atoms with Crippen molar-refractivity contribution in [2.45, 2.75) is 51.1 Å². The Labute approximate surface area is 152 Å². The van der Waals surface area contributed by atoms with E-state index in [2.05, 4.69) is 20.7 Å². The summed E-state index contributed by atoms with van der Waals surface area (Å²) in [6.07, 6.45) is 8.59. The first-order valence-corrected chi connectivity index (χ1v) is 9.25. The molecule has 0 aromatic carbocycles. The summed E-state index contributed by atoms with van der Waals surface area (Å²) >= 11 is 0. The minimum absolute atomic E-state index is 0.175. The third kappa shape index (κ3) is 4.50. The minimum atomic E-state index is -0.225. The van der Waals surface area contributed by atoms with Gasteiger partial charge >= 0.3 is 11.7 Å². The van der Waals surface area contributed by atoms with Crippen molar-refractivity contribution in [1.29, 1.82) is 0 Å². The number of urea groups is 1. The van der Waals surface area contributed by atoms with Crippen LogP contribution in [0.1, 0.15) is 38.5 Å². The third-order valence-electron chi connectivity index (χ3n) is 4.73. The van der Waals surface area contributed by atoms with Gasteiger partial charge in [0.2, 0.25) is 0 Å². The Kier molecular flexibility index (Phi) is 6.04. The van der Waals surface area contributed by atoms with Crippen LogP contribution in [0.3, 0.4) is 0 Å². The fourth-order valence-corrected chi connectivity index (χ4v) is 3.29. The summed E-state index contributed by atoms with van der Waals surface area (Å²) < 4.78 is 2.82. The van der Waals surface area contributed by atoms with Gasteiger partial charge < -0.3 is 10.6 Å². The lowest BCUT2D eigenvalue weighted by Gasteiger charge is -2.16.